The summed E-state index contributed by atoms with van der Waals surface area (Å²) in [5.74, 6) is 0.604. The maximum absolute atomic E-state index is 12.4. The molecule has 1 saturated heterocycles. The first-order valence-electron chi connectivity index (χ1n) is 7.59. The Morgan fingerprint density at radius 2 is 2.05 bits per heavy atom. The summed E-state index contributed by atoms with van der Waals surface area (Å²) in [5, 5.41) is 3.19. The first-order chi connectivity index (χ1) is 9.70. The Labute approximate surface area is 120 Å². The summed E-state index contributed by atoms with van der Waals surface area (Å²) in [6.07, 6.45) is 5.61. The van der Waals surface area contributed by atoms with E-state index >= 15 is 0 Å². The van der Waals surface area contributed by atoms with Gasteiger partial charge in [-0.1, -0.05) is 13.3 Å². The van der Waals surface area contributed by atoms with E-state index in [1.54, 1.807) is 6.07 Å². The number of hydrogen-bond donors (Lipinski definition) is 1. The van der Waals surface area contributed by atoms with Gasteiger partial charge < -0.3 is 10.2 Å². The van der Waals surface area contributed by atoms with Crippen molar-refractivity contribution in [2.75, 3.05) is 25.0 Å². The Kier molecular flexibility index (Phi) is 5.32. The van der Waals surface area contributed by atoms with E-state index in [-0.39, 0.29) is 5.91 Å². The van der Waals surface area contributed by atoms with Crippen molar-refractivity contribution in [1.29, 1.82) is 0 Å². The second kappa shape index (κ2) is 7.22. The van der Waals surface area contributed by atoms with Crippen LogP contribution in [0.3, 0.4) is 0 Å². The average molecular weight is 276 g/mol. The van der Waals surface area contributed by atoms with E-state index in [1.807, 2.05) is 11.8 Å². The molecule has 1 aliphatic rings. The van der Waals surface area contributed by atoms with Gasteiger partial charge in [0.05, 0.1) is 0 Å². The molecule has 0 aliphatic carbocycles. The van der Waals surface area contributed by atoms with Crippen LogP contribution < -0.4 is 5.32 Å². The van der Waals surface area contributed by atoms with E-state index in [9.17, 15) is 4.79 Å². The van der Waals surface area contributed by atoms with Crippen LogP contribution >= 0.6 is 0 Å². The molecule has 2 rings (SSSR count). The van der Waals surface area contributed by atoms with E-state index in [1.165, 1.54) is 6.42 Å². The number of nitrogens with zero attached hydrogens (tertiary/aromatic N) is 3. The first kappa shape index (κ1) is 14.8. The maximum Gasteiger partial charge on any atom is 0.272 e. The molecule has 0 bridgehead atoms. The van der Waals surface area contributed by atoms with Gasteiger partial charge in [-0.15, -0.1) is 0 Å². The molecule has 5 heteroatoms. The van der Waals surface area contributed by atoms with Gasteiger partial charge in [0.2, 0.25) is 5.95 Å². The number of carbonyl (C=O) groups is 1. The molecule has 1 aromatic heterocycles. The average Bonchev–Trinajstić information content (AvgIpc) is 2.47. The van der Waals surface area contributed by atoms with Crippen LogP contribution in [-0.4, -0.2) is 40.4 Å². The molecule has 1 aliphatic heterocycles. The summed E-state index contributed by atoms with van der Waals surface area (Å²) >= 11 is 0. The third kappa shape index (κ3) is 3.92. The highest BCUT2D eigenvalue weighted by molar-refractivity contribution is 5.92. The summed E-state index contributed by atoms with van der Waals surface area (Å²) in [5.41, 5.74) is 1.35. The van der Waals surface area contributed by atoms with Gasteiger partial charge in [-0.05, 0) is 38.7 Å². The Bertz CT molecular complexity index is 455. The number of aromatic nitrogens is 2. The number of unbranched alkanes of at least 4 members (excludes halogenated alkanes) is 1. The molecule has 0 aromatic carbocycles. The molecule has 0 saturated carbocycles. The summed E-state index contributed by atoms with van der Waals surface area (Å²) in [4.78, 5) is 23.1. The molecule has 5 nitrogen and oxygen atoms in total. The fourth-order valence-electron chi connectivity index (χ4n) is 2.39. The summed E-state index contributed by atoms with van der Waals surface area (Å²) in [7, 11) is 0. The van der Waals surface area contributed by atoms with Crippen molar-refractivity contribution in [3.05, 3.63) is 17.5 Å². The monoisotopic (exact) mass is 276 g/mol. The molecule has 0 atom stereocenters. The Morgan fingerprint density at radius 3 is 2.75 bits per heavy atom. The quantitative estimate of drug-likeness (QED) is 0.840. The topological polar surface area (TPSA) is 58.1 Å². The van der Waals surface area contributed by atoms with Crippen LogP contribution in [0.4, 0.5) is 5.95 Å². The number of piperidine rings is 1. The smallest absolute Gasteiger partial charge is 0.272 e. The fraction of sp³-hybridized carbons (Fsp3) is 0.667. The predicted octanol–water partition coefficient (Wildman–Crippen LogP) is 2.62. The largest absolute Gasteiger partial charge is 0.354 e. The Morgan fingerprint density at radius 1 is 1.30 bits per heavy atom. The molecule has 1 aromatic rings. The van der Waals surface area contributed by atoms with Gasteiger partial charge in [0.15, 0.2) is 0 Å². The van der Waals surface area contributed by atoms with Gasteiger partial charge in [0.1, 0.15) is 5.69 Å². The second-order valence-corrected chi connectivity index (χ2v) is 5.35. The molecular formula is C15H24N4O. The molecule has 0 unspecified atom stereocenters. The van der Waals surface area contributed by atoms with E-state index in [0.29, 0.717) is 11.6 Å². The van der Waals surface area contributed by atoms with Crippen molar-refractivity contribution < 1.29 is 4.79 Å². The number of likely N-dealkylation sites (tertiary alicyclic amines) is 1. The van der Waals surface area contributed by atoms with Crippen LogP contribution in [0.1, 0.15) is 55.2 Å². The second-order valence-electron chi connectivity index (χ2n) is 5.35. The van der Waals surface area contributed by atoms with Crippen LogP contribution in [0.2, 0.25) is 0 Å². The molecule has 2 heterocycles. The molecule has 0 spiro atoms. The minimum absolute atomic E-state index is 0.0359. The number of rotatable bonds is 5. The van der Waals surface area contributed by atoms with Crippen LogP contribution in [0, 0.1) is 6.92 Å². The normalized spacial score (nSPS) is 15.2. The van der Waals surface area contributed by atoms with Gasteiger partial charge in [-0.2, -0.15) is 0 Å². The van der Waals surface area contributed by atoms with E-state index in [0.717, 1.165) is 51.0 Å². The lowest BCUT2D eigenvalue weighted by molar-refractivity contribution is 0.0718. The van der Waals surface area contributed by atoms with E-state index in [2.05, 4.69) is 22.2 Å². The first-order valence-corrected chi connectivity index (χ1v) is 7.59. The van der Waals surface area contributed by atoms with Crippen LogP contribution in [-0.2, 0) is 0 Å². The molecule has 0 radical (unpaired) electrons. The lowest BCUT2D eigenvalue weighted by atomic mass is 10.1. The number of amides is 1. The molecule has 110 valence electrons. The zero-order chi connectivity index (χ0) is 14.4. The van der Waals surface area contributed by atoms with Gasteiger partial charge in [-0.3, -0.25) is 4.79 Å². The maximum atomic E-state index is 12.4. The van der Waals surface area contributed by atoms with Gasteiger partial charge in [-0.25, -0.2) is 9.97 Å². The molecular weight excluding hydrogens is 252 g/mol. The highest BCUT2D eigenvalue weighted by Crippen LogP contribution is 2.13. The van der Waals surface area contributed by atoms with Gasteiger partial charge in [0, 0.05) is 25.3 Å². The molecule has 20 heavy (non-hydrogen) atoms. The molecule has 1 N–H and O–H groups in total. The Hall–Kier alpha value is -1.65. The Balaban J connectivity index is 2.07. The minimum Gasteiger partial charge on any atom is -0.354 e. The number of carbonyl (C=O) groups excluding carboxylic acids is 1. The number of nitrogens with one attached hydrogen (secondary N) is 1. The van der Waals surface area contributed by atoms with Crippen molar-refractivity contribution >= 4 is 11.9 Å². The van der Waals surface area contributed by atoms with Gasteiger partial charge >= 0.3 is 0 Å². The van der Waals surface area contributed by atoms with Crippen molar-refractivity contribution in [3.8, 4) is 0 Å². The highest BCUT2D eigenvalue weighted by atomic mass is 16.2. The third-order valence-corrected chi connectivity index (χ3v) is 3.53. The molecule has 1 amide bonds. The molecule has 1 fully saturated rings. The van der Waals surface area contributed by atoms with Crippen molar-refractivity contribution in [3.63, 3.8) is 0 Å². The van der Waals surface area contributed by atoms with E-state index < -0.39 is 0 Å². The van der Waals surface area contributed by atoms with E-state index in [4.69, 9.17) is 0 Å². The standard InChI is InChI=1S/C15H24N4O/c1-3-4-8-16-15-17-12(2)11-13(18-15)14(20)19-9-6-5-7-10-19/h11H,3-10H2,1-2H3,(H,16,17,18). The number of hydrogen-bond acceptors (Lipinski definition) is 4. The summed E-state index contributed by atoms with van der Waals surface area (Å²) < 4.78 is 0. The van der Waals surface area contributed by atoms with Gasteiger partial charge in [0.25, 0.3) is 5.91 Å². The van der Waals surface area contributed by atoms with Crippen LogP contribution in [0.15, 0.2) is 6.07 Å². The minimum atomic E-state index is 0.0359. The van der Waals surface area contributed by atoms with Crippen molar-refractivity contribution in [2.45, 2.75) is 46.0 Å². The SMILES string of the molecule is CCCCNc1nc(C)cc(C(=O)N2CCCCC2)n1. The highest BCUT2D eigenvalue weighted by Gasteiger charge is 2.20. The fourth-order valence-corrected chi connectivity index (χ4v) is 2.39. The predicted molar refractivity (Wildman–Crippen MR) is 79.9 cm³/mol. The number of anilines is 1. The van der Waals surface area contributed by atoms with Crippen molar-refractivity contribution in [2.24, 2.45) is 0 Å². The number of aryl methyl sites for hydroxylation is 1. The summed E-state index contributed by atoms with van der Waals surface area (Å²) in [6, 6.07) is 1.78. The zero-order valence-corrected chi connectivity index (χ0v) is 12.5. The lowest BCUT2D eigenvalue weighted by Gasteiger charge is -2.26. The summed E-state index contributed by atoms with van der Waals surface area (Å²) in [6.45, 7) is 6.59. The van der Waals surface area contributed by atoms with Crippen LogP contribution in [0.5, 0.6) is 0 Å². The third-order valence-electron chi connectivity index (χ3n) is 3.53. The van der Waals surface area contributed by atoms with Crippen LogP contribution in [0.25, 0.3) is 0 Å². The zero-order valence-electron chi connectivity index (χ0n) is 12.5. The lowest BCUT2D eigenvalue weighted by Crippen LogP contribution is -2.36. The van der Waals surface area contributed by atoms with Crippen molar-refractivity contribution in [1.82, 2.24) is 14.9 Å².